The zero-order valence-corrected chi connectivity index (χ0v) is 11.1. The average molecular weight is 242 g/mol. The number of hydrogen-bond acceptors (Lipinski definition) is 4. The fourth-order valence-corrected chi connectivity index (χ4v) is 2.50. The first-order valence-electron chi connectivity index (χ1n) is 4.96. The van der Waals surface area contributed by atoms with Gasteiger partial charge in [-0.1, -0.05) is 25.9 Å². The van der Waals surface area contributed by atoms with Crippen LogP contribution in [0, 0.1) is 6.92 Å². The molecule has 0 spiro atoms. The first-order valence-corrected chi connectivity index (χ1v) is 5.78. The number of amidine groups is 1. The van der Waals surface area contributed by atoms with Crippen LogP contribution in [0.3, 0.4) is 0 Å². The standard InChI is InChI=1S/C10H18N4OS/c1-6-7(8(11)13-15)9(14(5)12-6)16-10(2,3)4/h15H,1-5H3,(H2,11,13). The molecule has 0 aromatic carbocycles. The summed E-state index contributed by atoms with van der Waals surface area (Å²) in [5, 5.41) is 17.0. The van der Waals surface area contributed by atoms with Gasteiger partial charge in [-0.05, 0) is 6.92 Å². The minimum atomic E-state index is 0.0463. The molecule has 0 fully saturated rings. The highest BCUT2D eigenvalue weighted by molar-refractivity contribution is 8.00. The molecule has 0 unspecified atom stereocenters. The summed E-state index contributed by atoms with van der Waals surface area (Å²) < 4.78 is 1.81. The molecule has 5 nitrogen and oxygen atoms in total. The van der Waals surface area contributed by atoms with Crippen LogP contribution in [0.15, 0.2) is 10.2 Å². The zero-order valence-electron chi connectivity index (χ0n) is 10.3. The third-order valence-electron chi connectivity index (χ3n) is 1.94. The summed E-state index contributed by atoms with van der Waals surface area (Å²) in [6, 6.07) is 0. The quantitative estimate of drug-likeness (QED) is 0.272. The monoisotopic (exact) mass is 242 g/mol. The topological polar surface area (TPSA) is 76.4 Å². The molecular weight excluding hydrogens is 224 g/mol. The van der Waals surface area contributed by atoms with E-state index >= 15 is 0 Å². The number of hydrogen-bond donors (Lipinski definition) is 2. The van der Waals surface area contributed by atoms with Crippen LogP contribution in [0.4, 0.5) is 0 Å². The first-order chi connectivity index (χ1) is 7.26. The van der Waals surface area contributed by atoms with Gasteiger partial charge in [0, 0.05) is 11.8 Å². The second kappa shape index (κ2) is 4.37. The van der Waals surface area contributed by atoms with Crippen molar-refractivity contribution in [3.8, 4) is 0 Å². The van der Waals surface area contributed by atoms with Gasteiger partial charge in [0.25, 0.3) is 0 Å². The Morgan fingerprint density at radius 2 is 2.06 bits per heavy atom. The van der Waals surface area contributed by atoms with Crippen molar-refractivity contribution in [3.05, 3.63) is 11.3 Å². The van der Waals surface area contributed by atoms with E-state index in [1.165, 1.54) is 0 Å². The zero-order chi connectivity index (χ0) is 12.5. The summed E-state index contributed by atoms with van der Waals surface area (Å²) in [4.78, 5) is 0. The van der Waals surface area contributed by atoms with Gasteiger partial charge in [-0.2, -0.15) is 5.10 Å². The predicted molar refractivity (Wildman–Crippen MR) is 66.1 cm³/mol. The molecule has 90 valence electrons. The van der Waals surface area contributed by atoms with Crippen LogP contribution in [0.1, 0.15) is 32.0 Å². The lowest BCUT2D eigenvalue weighted by Gasteiger charge is -2.18. The van der Waals surface area contributed by atoms with Crippen molar-refractivity contribution in [2.75, 3.05) is 0 Å². The lowest BCUT2D eigenvalue weighted by atomic mass is 10.2. The van der Waals surface area contributed by atoms with E-state index in [4.69, 9.17) is 10.9 Å². The molecule has 1 aromatic rings. The fraction of sp³-hybridized carbons (Fsp3) is 0.600. The minimum absolute atomic E-state index is 0.0463. The molecule has 0 radical (unpaired) electrons. The maximum atomic E-state index is 8.76. The van der Waals surface area contributed by atoms with Crippen molar-refractivity contribution in [1.29, 1.82) is 0 Å². The van der Waals surface area contributed by atoms with Crippen molar-refractivity contribution in [3.63, 3.8) is 0 Å². The van der Waals surface area contributed by atoms with E-state index in [1.807, 2.05) is 14.0 Å². The maximum absolute atomic E-state index is 8.76. The predicted octanol–water partition coefficient (Wildman–Crippen LogP) is 1.71. The Hall–Kier alpha value is -1.17. The molecule has 0 aliphatic rings. The Bertz CT molecular complexity index is 417. The van der Waals surface area contributed by atoms with E-state index in [2.05, 4.69) is 31.0 Å². The highest BCUT2D eigenvalue weighted by Gasteiger charge is 2.22. The number of oxime groups is 1. The van der Waals surface area contributed by atoms with Gasteiger partial charge in [-0.15, -0.1) is 11.8 Å². The lowest BCUT2D eigenvalue weighted by molar-refractivity contribution is 0.318. The summed E-state index contributed by atoms with van der Waals surface area (Å²) in [7, 11) is 1.86. The van der Waals surface area contributed by atoms with Crippen LogP contribution in [-0.2, 0) is 7.05 Å². The molecule has 0 aliphatic carbocycles. The van der Waals surface area contributed by atoms with E-state index in [9.17, 15) is 0 Å². The van der Waals surface area contributed by atoms with Gasteiger partial charge in [0.15, 0.2) is 5.84 Å². The molecule has 1 rings (SSSR count). The molecule has 0 aliphatic heterocycles. The van der Waals surface area contributed by atoms with Crippen molar-refractivity contribution in [2.24, 2.45) is 17.9 Å². The molecule has 0 saturated heterocycles. The smallest absolute Gasteiger partial charge is 0.174 e. The number of aryl methyl sites for hydroxylation is 2. The number of aromatic nitrogens is 2. The van der Waals surface area contributed by atoms with Crippen molar-refractivity contribution in [2.45, 2.75) is 37.5 Å². The number of nitrogens with zero attached hydrogens (tertiary/aromatic N) is 3. The van der Waals surface area contributed by atoms with Gasteiger partial charge in [-0.3, -0.25) is 4.68 Å². The Kier molecular flexibility index (Phi) is 3.52. The summed E-state index contributed by atoms with van der Waals surface area (Å²) in [5.41, 5.74) is 7.14. The second-order valence-corrected chi connectivity index (χ2v) is 6.40. The third kappa shape index (κ3) is 2.69. The molecule has 1 heterocycles. The Morgan fingerprint density at radius 1 is 1.50 bits per heavy atom. The first kappa shape index (κ1) is 12.9. The van der Waals surface area contributed by atoms with Crippen LogP contribution < -0.4 is 5.73 Å². The highest BCUT2D eigenvalue weighted by atomic mass is 32.2. The second-order valence-electron chi connectivity index (χ2n) is 4.59. The third-order valence-corrected chi connectivity index (χ3v) is 3.21. The molecule has 3 N–H and O–H groups in total. The van der Waals surface area contributed by atoms with Crippen LogP contribution >= 0.6 is 11.8 Å². The lowest BCUT2D eigenvalue weighted by Crippen LogP contribution is -2.17. The Balaban J connectivity index is 3.27. The summed E-state index contributed by atoms with van der Waals surface area (Å²) in [5.74, 6) is 0.109. The normalized spacial score (nSPS) is 13.2. The Labute approximate surface area is 99.7 Å². The maximum Gasteiger partial charge on any atom is 0.174 e. The average Bonchev–Trinajstić information content (AvgIpc) is 2.38. The van der Waals surface area contributed by atoms with Gasteiger partial charge in [0.1, 0.15) is 5.03 Å². The summed E-state index contributed by atoms with van der Waals surface area (Å²) >= 11 is 1.65. The largest absolute Gasteiger partial charge is 0.409 e. The van der Waals surface area contributed by atoms with Crippen molar-refractivity contribution >= 4 is 17.6 Å². The van der Waals surface area contributed by atoms with Gasteiger partial charge in [0.2, 0.25) is 0 Å². The number of nitrogens with two attached hydrogens (primary N) is 1. The molecule has 0 atom stereocenters. The number of rotatable bonds is 2. The van der Waals surface area contributed by atoms with Gasteiger partial charge >= 0.3 is 0 Å². The van der Waals surface area contributed by atoms with Gasteiger partial charge in [-0.25, -0.2) is 0 Å². The Morgan fingerprint density at radius 3 is 2.50 bits per heavy atom. The molecule has 0 saturated carbocycles. The molecule has 0 amide bonds. The minimum Gasteiger partial charge on any atom is -0.409 e. The van der Waals surface area contributed by atoms with Gasteiger partial charge < -0.3 is 10.9 Å². The van der Waals surface area contributed by atoms with E-state index in [1.54, 1.807) is 16.4 Å². The van der Waals surface area contributed by atoms with Crippen LogP contribution in [-0.4, -0.2) is 25.6 Å². The van der Waals surface area contributed by atoms with Crippen LogP contribution in [0.5, 0.6) is 0 Å². The molecule has 1 aromatic heterocycles. The molecule has 0 bridgehead atoms. The van der Waals surface area contributed by atoms with Gasteiger partial charge in [0.05, 0.1) is 11.3 Å². The van der Waals surface area contributed by atoms with E-state index in [-0.39, 0.29) is 10.6 Å². The van der Waals surface area contributed by atoms with Crippen LogP contribution in [0.2, 0.25) is 0 Å². The summed E-state index contributed by atoms with van der Waals surface area (Å²) in [6.07, 6.45) is 0. The SMILES string of the molecule is Cc1nn(C)c(SC(C)(C)C)c1C(N)=NO. The van der Waals surface area contributed by atoms with Crippen molar-refractivity contribution < 1.29 is 5.21 Å². The molecule has 16 heavy (non-hydrogen) atoms. The molecular formula is C10H18N4OS. The molecule has 6 heteroatoms. The number of thioether (sulfide) groups is 1. The van der Waals surface area contributed by atoms with Crippen molar-refractivity contribution in [1.82, 2.24) is 9.78 Å². The van der Waals surface area contributed by atoms with Crippen LogP contribution in [0.25, 0.3) is 0 Å². The van der Waals surface area contributed by atoms with E-state index in [0.717, 1.165) is 10.7 Å². The van der Waals surface area contributed by atoms with E-state index < -0.39 is 0 Å². The fourth-order valence-electron chi connectivity index (χ4n) is 1.39. The summed E-state index contributed by atoms with van der Waals surface area (Å²) in [6.45, 7) is 8.17. The highest BCUT2D eigenvalue weighted by Crippen LogP contribution is 2.34. The van der Waals surface area contributed by atoms with E-state index in [0.29, 0.717) is 5.56 Å².